The van der Waals surface area contributed by atoms with Crippen molar-refractivity contribution in [1.29, 1.82) is 0 Å². The zero-order chi connectivity index (χ0) is 12.2. The Balaban J connectivity index is 2.57. The molecule has 1 aromatic rings. The highest BCUT2D eigenvalue weighted by molar-refractivity contribution is 7.89. The number of carbonyl (C=O) groups excluding carboxylic acids is 1. The van der Waals surface area contributed by atoms with Gasteiger partial charge in [-0.15, -0.1) is 0 Å². The van der Waals surface area contributed by atoms with Gasteiger partial charge in [0.25, 0.3) is 5.91 Å². The molecule has 0 aliphatic rings. The molecule has 0 spiro atoms. The molecule has 0 saturated carbocycles. The highest BCUT2D eigenvalue weighted by Gasteiger charge is 2.11. The van der Waals surface area contributed by atoms with E-state index in [2.05, 4.69) is 10.3 Å². The third-order valence-electron chi connectivity index (χ3n) is 1.69. The monoisotopic (exact) mass is 247 g/mol. The minimum atomic E-state index is -3.63. The Hall–Kier alpha value is -1.54. The van der Waals surface area contributed by atoms with Gasteiger partial charge in [0.1, 0.15) is 0 Å². The number of hydrogen-bond donors (Lipinski definition) is 2. The first-order chi connectivity index (χ1) is 7.40. The number of sulfonamides is 1. The number of hydrogen-bond acceptors (Lipinski definition) is 4. The second kappa shape index (κ2) is 4.99. The second-order valence-corrected chi connectivity index (χ2v) is 4.71. The van der Waals surface area contributed by atoms with Crippen LogP contribution in [0.25, 0.3) is 0 Å². The summed E-state index contributed by atoms with van der Waals surface area (Å²) >= 11 is 0. The largest absolute Gasteiger partial charge is 0.351 e. The van der Waals surface area contributed by atoms with Crippen LogP contribution in [-0.2, 0) is 10.0 Å². The van der Waals surface area contributed by atoms with Gasteiger partial charge in [0.2, 0.25) is 10.0 Å². The predicted molar refractivity (Wildman–Crippen MR) is 54.5 cm³/mol. The first-order valence-corrected chi connectivity index (χ1v) is 6.00. The molecule has 1 heterocycles. The number of amides is 1. The van der Waals surface area contributed by atoms with Crippen LogP contribution in [-0.4, -0.2) is 31.6 Å². The molecule has 1 amide bonds. The molecule has 0 aliphatic heterocycles. The zero-order valence-corrected chi connectivity index (χ0v) is 9.00. The molecule has 3 N–H and O–H groups in total. The summed E-state index contributed by atoms with van der Waals surface area (Å²) in [6.45, 7) is -0.167. The van der Waals surface area contributed by atoms with Gasteiger partial charge < -0.3 is 5.32 Å². The lowest BCUT2D eigenvalue weighted by Crippen LogP contribution is -2.31. The van der Waals surface area contributed by atoms with Gasteiger partial charge in [-0.05, 0) is 6.07 Å². The highest BCUT2D eigenvalue weighted by Crippen LogP contribution is 2.03. The van der Waals surface area contributed by atoms with Crippen molar-refractivity contribution in [3.8, 4) is 0 Å². The number of carbonyl (C=O) groups is 1. The zero-order valence-electron chi connectivity index (χ0n) is 8.18. The molecule has 0 aromatic carbocycles. The standard InChI is InChI=1S/C8H10FN3O3S/c9-7-5-11-2-1-6(7)8(13)12-3-4-16(10,14)15/h1-2,5H,3-4H2,(H,12,13)(H2,10,14,15). The molecule has 0 saturated heterocycles. The van der Waals surface area contributed by atoms with E-state index in [-0.39, 0.29) is 12.1 Å². The summed E-state index contributed by atoms with van der Waals surface area (Å²) in [5.41, 5.74) is -0.190. The summed E-state index contributed by atoms with van der Waals surface area (Å²) < 4.78 is 34.2. The van der Waals surface area contributed by atoms with Crippen molar-refractivity contribution in [2.24, 2.45) is 5.14 Å². The lowest BCUT2D eigenvalue weighted by atomic mass is 10.2. The molecular weight excluding hydrogens is 237 g/mol. The number of rotatable bonds is 4. The van der Waals surface area contributed by atoms with Crippen LogP contribution in [0.3, 0.4) is 0 Å². The molecule has 1 rings (SSSR count). The third-order valence-corrected chi connectivity index (χ3v) is 2.46. The number of nitrogens with one attached hydrogen (secondary N) is 1. The van der Waals surface area contributed by atoms with E-state index in [4.69, 9.17) is 5.14 Å². The molecule has 8 heteroatoms. The highest BCUT2D eigenvalue weighted by atomic mass is 32.2. The minimum absolute atomic E-state index is 0.167. The number of nitrogens with zero attached hydrogens (tertiary/aromatic N) is 1. The van der Waals surface area contributed by atoms with Crippen LogP contribution in [0, 0.1) is 5.82 Å². The van der Waals surface area contributed by atoms with Crippen LogP contribution >= 0.6 is 0 Å². The van der Waals surface area contributed by atoms with Gasteiger partial charge in [-0.3, -0.25) is 9.78 Å². The van der Waals surface area contributed by atoms with E-state index in [1.807, 2.05) is 0 Å². The Labute approximate surface area is 91.7 Å². The summed E-state index contributed by atoms with van der Waals surface area (Å²) in [6.07, 6.45) is 2.16. The van der Waals surface area contributed by atoms with Gasteiger partial charge in [0.15, 0.2) is 5.82 Å². The van der Waals surface area contributed by atoms with Crippen molar-refractivity contribution in [2.75, 3.05) is 12.3 Å². The van der Waals surface area contributed by atoms with E-state index in [1.54, 1.807) is 0 Å². The molecule has 6 nitrogen and oxygen atoms in total. The summed E-state index contributed by atoms with van der Waals surface area (Å²) in [5, 5.41) is 6.96. The molecule has 0 unspecified atom stereocenters. The second-order valence-electron chi connectivity index (χ2n) is 2.98. The van der Waals surface area contributed by atoms with Crippen LogP contribution in [0.1, 0.15) is 10.4 Å². The lowest BCUT2D eigenvalue weighted by Gasteiger charge is -2.04. The fraction of sp³-hybridized carbons (Fsp3) is 0.250. The molecular formula is C8H10FN3O3S. The fourth-order valence-electron chi connectivity index (χ4n) is 0.961. The SMILES string of the molecule is NS(=O)(=O)CCNC(=O)c1ccncc1F. The Kier molecular flexibility index (Phi) is 3.91. The minimum Gasteiger partial charge on any atom is -0.351 e. The number of primary sulfonamides is 1. The van der Waals surface area contributed by atoms with Gasteiger partial charge in [0, 0.05) is 12.7 Å². The van der Waals surface area contributed by atoms with Gasteiger partial charge in [-0.25, -0.2) is 17.9 Å². The topological polar surface area (TPSA) is 102 Å². The van der Waals surface area contributed by atoms with Gasteiger partial charge in [-0.1, -0.05) is 0 Å². The number of pyridine rings is 1. The lowest BCUT2D eigenvalue weighted by molar-refractivity contribution is 0.0952. The van der Waals surface area contributed by atoms with Crippen molar-refractivity contribution in [1.82, 2.24) is 10.3 Å². The summed E-state index contributed by atoms with van der Waals surface area (Å²) in [4.78, 5) is 14.8. The molecule has 0 aliphatic carbocycles. The third kappa shape index (κ3) is 3.91. The Bertz CT molecular complexity index is 489. The van der Waals surface area contributed by atoms with Gasteiger partial charge >= 0.3 is 0 Å². The van der Waals surface area contributed by atoms with Crippen LogP contribution in [0.15, 0.2) is 18.5 Å². The number of aromatic nitrogens is 1. The molecule has 0 radical (unpaired) electrons. The van der Waals surface area contributed by atoms with E-state index in [1.165, 1.54) is 12.3 Å². The number of halogens is 1. The summed E-state index contributed by atoms with van der Waals surface area (Å²) in [7, 11) is -3.63. The molecule has 1 aromatic heterocycles. The molecule has 88 valence electrons. The Morgan fingerprint density at radius 1 is 1.56 bits per heavy atom. The van der Waals surface area contributed by atoms with E-state index >= 15 is 0 Å². The maximum Gasteiger partial charge on any atom is 0.254 e. The maximum atomic E-state index is 13.0. The van der Waals surface area contributed by atoms with E-state index < -0.39 is 27.5 Å². The van der Waals surface area contributed by atoms with Crippen LogP contribution in [0.4, 0.5) is 4.39 Å². The quantitative estimate of drug-likeness (QED) is 0.730. The van der Waals surface area contributed by atoms with Crippen LogP contribution in [0.2, 0.25) is 0 Å². The van der Waals surface area contributed by atoms with Crippen molar-refractivity contribution in [3.63, 3.8) is 0 Å². The fourth-order valence-corrected chi connectivity index (χ4v) is 1.35. The van der Waals surface area contributed by atoms with Gasteiger partial charge in [0.05, 0.1) is 17.5 Å². The predicted octanol–water partition coefficient (Wildman–Crippen LogP) is -0.761. The first kappa shape index (κ1) is 12.5. The van der Waals surface area contributed by atoms with E-state index in [0.29, 0.717) is 0 Å². The van der Waals surface area contributed by atoms with Crippen LogP contribution < -0.4 is 10.5 Å². The van der Waals surface area contributed by atoms with Crippen molar-refractivity contribution in [2.45, 2.75) is 0 Å². The smallest absolute Gasteiger partial charge is 0.254 e. The molecule has 0 atom stereocenters. The molecule has 0 fully saturated rings. The average Bonchev–Trinajstić information content (AvgIpc) is 2.16. The van der Waals surface area contributed by atoms with Crippen LogP contribution in [0.5, 0.6) is 0 Å². The Morgan fingerprint density at radius 3 is 2.81 bits per heavy atom. The van der Waals surface area contributed by atoms with Crippen molar-refractivity contribution in [3.05, 3.63) is 29.8 Å². The average molecular weight is 247 g/mol. The summed E-state index contributed by atoms with van der Waals surface area (Å²) in [6, 6.07) is 1.20. The Morgan fingerprint density at radius 2 is 2.25 bits per heavy atom. The van der Waals surface area contributed by atoms with E-state index in [0.717, 1.165) is 6.20 Å². The maximum absolute atomic E-state index is 13.0. The van der Waals surface area contributed by atoms with Crippen molar-refractivity contribution >= 4 is 15.9 Å². The van der Waals surface area contributed by atoms with Gasteiger partial charge in [-0.2, -0.15) is 0 Å². The summed E-state index contributed by atoms with van der Waals surface area (Å²) in [5.74, 6) is -1.87. The normalized spacial score (nSPS) is 11.1. The first-order valence-electron chi connectivity index (χ1n) is 4.28. The number of nitrogens with two attached hydrogens (primary N) is 1. The van der Waals surface area contributed by atoms with Crippen molar-refractivity contribution < 1.29 is 17.6 Å². The molecule has 16 heavy (non-hydrogen) atoms. The van der Waals surface area contributed by atoms with E-state index in [9.17, 15) is 17.6 Å². The molecule has 0 bridgehead atoms.